The third-order valence-corrected chi connectivity index (χ3v) is 4.88. The maximum Gasteiger partial charge on any atom is 0.0640 e. The Morgan fingerprint density at radius 3 is 2.67 bits per heavy atom. The molecule has 0 aromatic carbocycles. The smallest absolute Gasteiger partial charge is 0.0640 e. The van der Waals surface area contributed by atoms with Crippen molar-refractivity contribution in [3.63, 3.8) is 0 Å². The van der Waals surface area contributed by atoms with Crippen LogP contribution in [0.15, 0.2) is 12.3 Å². The van der Waals surface area contributed by atoms with Gasteiger partial charge in [-0.1, -0.05) is 19.3 Å². The fourth-order valence-electron chi connectivity index (χ4n) is 3.43. The van der Waals surface area contributed by atoms with Gasteiger partial charge in [0.1, 0.15) is 0 Å². The zero-order chi connectivity index (χ0) is 12.4. The van der Waals surface area contributed by atoms with E-state index in [0.29, 0.717) is 12.1 Å². The summed E-state index contributed by atoms with van der Waals surface area (Å²) in [7, 11) is 2.09. The van der Waals surface area contributed by atoms with Gasteiger partial charge >= 0.3 is 0 Å². The van der Waals surface area contributed by atoms with Gasteiger partial charge in [0.05, 0.1) is 11.7 Å². The maximum atomic E-state index is 4.80. The van der Waals surface area contributed by atoms with Gasteiger partial charge in [-0.25, -0.2) is 0 Å². The van der Waals surface area contributed by atoms with Crippen LogP contribution in [-0.4, -0.2) is 22.9 Å². The fraction of sp³-hybridized carbons (Fsp3) is 0.800. The summed E-state index contributed by atoms with van der Waals surface area (Å²) >= 11 is 0. The highest BCUT2D eigenvalue weighted by atomic mass is 15.3. The molecule has 0 bridgehead atoms. The number of nitrogens with zero attached hydrogens (tertiary/aromatic N) is 2. The van der Waals surface area contributed by atoms with Crippen LogP contribution in [0.2, 0.25) is 0 Å². The molecule has 100 valence electrons. The third-order valence-electron chi connectivity index (χ3n) is 4.88. The van der Waals surface area contributed by atoms with Crippen molar-refractivity contribution in [2.24, 2.45) is 5.92 Å². The zero-order valence-corrected chi connectivity index (χ0v) is 11.4. The number of nitrogens with one attached hydrogen (secondary N) is 1. The lowest BCUT2D eigenvalue weighted by atomic mass is 9.78. The van der Waals surface area contributed by atoms with E-state index in [9.17, 15) is 0 Å². The molecule has 3 nitrogen and oxygen atoms in total. The molecule has 0 spiro atoms. The monoisotopic (exact) mass is 247 g/mol. The molecule has 0 saturated heterocycles. The fourth-order valence-corrected chi connectivity index (χ4v) is 3.43. The standard InChI is InChI=1S/C15H25N3/c1-16-15(12-5-4-6-12)11-13-9-10-18(17-13)14-7-2-3-8-14/h9-10,12,14-16H,2-8,11H2,1H3. The molecule has 2 aliphatic rings. The van der Waals surface area contributed by atoms with Gasteiger partial charge in [0, 0.05) is 18.7 Å². The Balaban J connectivity index is 1.61. The van der Waals surface area contributed by atoms with Crippen LogP contribution in [0.4, 0.5) is 0 Å². The molecule has 0 aliphatic heterocycles. The van der Waals surface area contributed by atoms with Crippen molar-refractivity contribution in [1.29, 1.82) is 0 Å². The molecule has 2 fully saturated rings. The topological polar surface area (TPSA) is 29.9 Å². The second-order valence-electron chi connectivity index (χ2n) is 6.02. The normalized spacial score (nSPS) is 23.2. The first-order valence-corrected chi connectivity index (χ1v) is 7.58. The molecule has 1 heterocycles. The molecule has 0 radical (unpaired) electrons. The van der Waals surface area contributed by atoms with Crippen LogP contribution in [0.5, 0.6) is 0 Å². The summed E-state index contributed by atoms with van der Waals surface area (Å²) in [5.41, 5.74) is 1.27. The molecule has 1 unspecified atom stereocenters. The van der Waals surface area contributed by atoms with Crippen LogP contribution in [0.3, 0.4) is 0 Å². The zero-order valence-electron chi connectivity index (χ0n) is 11.4. The van der Waals surface area contributed by atoms with Crippen molar-refractivity contribution in [3.8, 4) is 0 Å². The predicted octanol–water partition coefficient (Wildman–Crippen LogP) is 2.93. The van der Waals surface area contributed by atoms with Crippen LogP contribution < -0.4 is 5.32 Å². The number of hydrogen-bond acceptors (Lipinski definition) is 2. The summed E-state index contributed by atoms with van der Waals surface area (Å²) in [5, 5.41) is 8.28. The van der Waals surface area contributed by atoms with Gasteiger partial charge in [-0.15, -0.1) is 0 Å². The minimum atomic E-state index is 0.630. The average Bonchev–Trinajstić information content (AvgIpc) is 2.95. The van der Waals surface area contributed by atoms with Gasteiger partial charge in [-0.3, -0.25) is 4.68 Å². The van der Waals surface area contributed by atoms with Crippen LogP contribution in [0, 0.1) is 5.92 Å². The molecule has 2 aliphatic carbocycles. The minimum Gasteiger partial charge on any atom is -0.316 e. The Morgan fingerprint density at radius 1 is 1.28 bits per heavy atom. The van der Waals surface area contributed by atoms with E-state index < -0.39 is 0 Å². The molecule has 1 aromatic heterocycles. The minimum absolute atomic E-state index is 0.630. The van der Waals surface area contributed by atoms with Crippen LogP contribution in [0.1, 0.15) is 56.7 Å². The highest BCUT2D eigenvalue weighted by molar-refractivity contribution is 5.04. The lowest BCUT2D eigenvalue weighted by molar-refractivity contribution is 0.234. The van der Waals surface area contributed by atoms with Gasteiger partial charge < -0.3 is 5.32 Å². The molecular weight excluding hydrogens is 222 g/mol. The maximum absolute atomic E-state index is 4.80. The molecule has 3 rings (SSSR count). The number of aromatic nitrogens is 2. The molecule has 1 N–H and O–H groups in total. The Morgan fingerprint density at radius 2 is 2.06 bits per heavy atom. The Labute approximate surface area is 110 Å². The number of rotatable bonds is 5. The van der Waals surface area contributed by atoms with Crippen molar-refractivity contribution < 1.29 is 0 Å². The van der Waals surface area contributed by atoms with E-state index in [4.69, 9.17) is 5.10 Å². The SMILES string of the molecule is CNC(Cc1ccn(C2CCCC2)n1)C1CCC1. The largest absolute Gasteiger partial charge is 0.316 e. The number of hydrogen-bond donors (Lipinski definition) is 1. The van der Waals surface area contributed by atoms with Crippen molar-refractivity contribution in [2.45, 2.75) is 63.5 Å². The van der Waals surface area contributed by atoms with Gasteiger partial charge in [0.2, 0.25) is 0 Å². The number of likely N-dealkylation sites (N-methyl/N-ethyl adjacent to an activating group) is 1. The molecule has 18 heavy (non-hydrogen) atoms. The van der Waals surface area contributed by atoms with E-state index in [2.05, 4.69) is 29.3 Å². The second-order valence-corrected chi connectivity index (χ2v) is 6.02. The average molecular weight is 247 g/mol. The summed E-state index contributed by atoms with van der Waals surface area (Å²) in [6.07, 6.45) is 12.9. The first-order valence-electron chi connectivity index (χ1n) is 7.58. The van der Waals surface area contributed by atoms with Crippen molar-refractivity contribution >= 4 is 0 Å². The summed E-state index contributed by atoms with van der Waals surface area (Å²) in [4.78, 5) is 0. The van der Waals surface area contributed by atoms with Gasteiger partial charge in [-0.2, -0.15) is 5.10 Å². The van der Waals surface area contributed by atoms with E-state index in [1.54, 1.807) is 0 Å². The summed E-state index contributed by atoms with van der Waals surface area (Å²) in [6, 6.07) is 3.53. The van der Waals surface area contributed by atoms with Crippen molar-refractivity contribution in [2.75, 3.05) is 7.05 Å². The van der Waals surface area contributed by atoms with E-state index in [-0.39, 0.29) is 0 Å². The highest BCUT2D eigenvalue weighted by Crippen LogP contribution is 2.31. The lowest BCUT2D eigenvalue weighted by Crippen LogP contribution is -2.39. The van der Waals surface area contributed by atoms with Gasteiger partial charge in [0.25, 0.3) is 0 Å². The molecule has 1 atom stereocenters. The third kappa shape index (κ3) is 2.46. The van der Waals surface area contributed by atoms with Crippen LogP contribution in [0.25, 0.3) is 0 Å². The molecule has 2 saturated carbocycles. The second kappa shape index (κ2) is 5.43. The summed E-state index contributed by atoms with van der Waals surface area (Å²) < 4.78 is 2.22. The quantitative estimate of drug-likeness (QED) is 0.867. The van der Waals surface area contributed by atoms with E-state index in [0.717, 1.165) is 12.3 Å². The molecule has 1 aromatic rings. The Bertz CT molecular complexity index is 375. The summed E-state index contributed by atoms with van der Waals surface area (Å²) in [6.45, 7) is 0. The first-order chi connectivity index (χ1) is 8.86. The van der Waals surface area contributed by atoms with Crippen LogP contribution >= 0.6 is 0 Å². The predicted molar refractivity (Wildman–Crippen MR) is 73.6 cm³/mol. The first kappa shape index (κ1) is 12.2. The van der Waals surface area contributed by atoms with Gasteiger partial charge in [0.15, 0.2) is 0 Å². The van der Waals surface area contributed by atoms with Crippen LogP contribution in [-0.2, 0) is 6.42 Å². The van der Waals surface area contributed by atoms with Crippen molar-refractivity contribution in [1.82, 2.24) is 15.1 Å². The lowest BCUT2D eigenvalue weighted by Gasteiger charge is -2.33. The highest BCUT2D eigenvalue weighted by Gasteiger charge is 2.27. The van der Waals surface area contributed by atoms with E-state index in [1.165, 1.54) is 50.6 Å². The molecular formula is C15H25N3. The van der Waals surface area contributed by atoms with E-state index >= 15 is 0 Å². The summed E-state index contributed by atoms with van der Waals surface area (Å²) in [5.74, 6) is 0.881. The molecule has 3 heteroatoms. The molecule has 0 amide bonds. The Hall–Kier alpha value is -0.830. The van der Waals surface area contributed by atoms with Crippen molar-refractivity contribution in [3.05, 3.63) is 18.0 Å². The van der Waals surface area contributed by atoms with E-state index in [1.807, 2.05) is 0 Å². The Kier molecular flexibility index (Phi) is 3.69. The van der Waals surface area contributed by atoms with Gasteiger partial charge in [-0.05, 0) is 44.7 Å².